The van der Waals surface area contributed by atoms with Crippen LogP contribution in [-0.4, -0.2) is 5.79 Å². The Labute approximate surface area is 106 Å². The first-order valence-electron chi connectivity index (χ1n) is 4.68. The number of halogens is 2. The molecule has 2 rings (SSSR count). The summed E-state index contributed by atoms with van der Waals surface area (Å²) < 4.78 is 25.0. The highest BCUT2D eigenvalue weighted by Gasteiger charge is 2.31. The van der Waals surface area contributed by atoms with Crippen molar-refractivity contribution in [3.8, 4) is 11.8 Å². The van der Waals surface area contributed by atoms with Crippen LogP contribution >= 0.6 is 22.6 Å². The molecule has 5 heteroatoms. The number of nitrogens with zero attached hydrogens (tertiary/aromatic N) is 1. The van der Waals surface area contributed by atoms with E-state index in [2.05, 4.69) is 0 Å². The molecule has 1 aromatic rings. The molecule has 0 aliphatic carbocycles. The Morgan fingerprint density at radius 2 is 2.25 bits per heavy atom. The fourth-order valence-corrected chi connectivity index (χ4v) is 2.01. The van der Waals surface area contributed by atoms with E-state index >= 15 is 0 Å². The van der Waals surface area contributed by atoms with E-state index in [9.17, 15) is 4.39 Å². The van der Waals surface area contributed by atoms with Gasteiger partial charge in [-0.2, -0.15) is 5.26 Å². The molecule has 1 heterocycles. The zero-order chi connectivity index (χ0) is 11.9. The summed E-state index contributed by atoms with van der Waals surface area (Å²) in [5, 5.41) is 8.84. The van der Waals surface area contributed by atoms with Crippen molar-refractivity contribution in [2.45, 2.75) is 26.2 Å². The highest BCUT2D eigenvalue weighted by atomic mass is 127. The smallest absolute Gasteiger partial charge is 0.205 e. The van der Waals surface area contributed by atoms with Crippen molar-refractivity contribution < 1.29 is 13.9 Å². The third-order valence-corrected chi connectivity index (χ3v) is 3.34. The predicted octanol–water partition coefficient (Wildman–Crippen LogP) is 2.95. The number of rotatable bonds is 0. The molecule has 16 heavy (non-hydrogen) atoms. The summed E-state index contributed by atoms with van der Waals surface area (Å²) in [4.78, 5) is 0. The molecule has 0 radical (unpaired) electrons. The highest BCUT2D eigenvalue weighted by Crippen LogP contribution is 2.36. The second kappa shape index (κ2) is 3.86. The van der Waals surface area contributed by atoms with Crippen LogP contribution in [0.25, 0.3) is 0 Å². The first-order chi connectivity index (χ1) is 7.44. The number of hydrogen-bond donors (Lipinski definition) is 0. The SMILES string of the molecule is CC1(C)OCc2cc(C#N)c(I)c(F)c2O1. The molecule has 1 aromatic carbocycles. The molecule has 84 valence electrons. The molecule has 0 fully saturated rings. The van der Waals surface area contributed by atoms with Gasteiger partial charge in [0.25, 0.3) is 0 Å². The Morgan fingerprint density at radius 3 is 2.88 bits per heavy atom. The van der Waals surface area contributed by atoms with Gasteiger partial charge in [-0.3, -0.25) is 0 Å². The van der Waals surface area contributed by atoms with Crippen LogP contribution in [0.2, 0.25) is 0 Å². The summed E-state index contributed by atoms with van der Waals surface area (Å²) in [5.41, 5.74) is 0.887. The van der Waals surface area contributed by atoms with E-state index in [1.165, 1.54) is 0 Å². The lowest BCUT2D eigenvalue weighted by atomic mass is 10.1. The van der Waals surface area contributed by atoms with Gasteiger partial charge in [0, 0.05) is 19.4 Å². The van der Waals surface area contributed by atoms with E-state index in [4.69, 9.17) is 14.7 Å². The predicted molar refractivity (Wildman–Crippen MR) is 63.3 cm³/mol. The number of nitriles is 1. The van der Waals surface area contributed by atoms with Crippen molar-refractivity contribution in [2.24, 2.45) is 0 Å². The normalized spacial score (nSPS) is 17.2. The van der Waals surface area contributed by atoms with E-state index < -0.39 is 11.6 Å². The van der Waals surface area contributed by atoms with Gasteiger partial charge in [0.05, 0.1) is 15.7 Å². The maximum atomic E-state index is 13.9. The Morgan fingerprint density at radius 1 is 1.56 bits per heavy atom. The van der Waals surface area contributed by atoms with Crippen LogP contribution in [0.3, 0.4) is 0 Å². The van der Waals surface area contributed by atoms with Crippen molar-refractivity contribution in [1.82, 2.24) is 0 Å². The van der Waals surface area contributed by atoms with Gasteiger partial charge in [-0.1, -0.05) is 0 Å². The summed E-state index contributed by atoms with van der Waals surface area (Å²) >= 11 is 1.80. The minimum absolute atomic E-state index is 0.194. The Kier molecular flexibility index (Phi) is 2.80. The van der Waals surface area contributed by atoms with Crippen LogP contribution in [0.4, 0.5) is 4.39 Å². The first kappa shape index (κ1) is 11.6. The number of hydrogen-bond acceptors (Lipinski definition) is 3. The molecule has 0 unspecified atom stereocenters. The van der Waals surface area contributed by atoms with E-state index in [-0.39, 0.29) is 15.9 Å². The Hall–Kier alpha value is -0.870. The fourth-order valence-electron chi connectivity index (χ4n) is 1.49. The van der Waals surface area contributed by atoms with E-state index in [0.717, 1.165) is 0 Å². The molecule has 0 bridgehead atoms. The molecule has 0 amide bonds. The summed E-state index contributed by atoms with van der Waals surface area (Å²) in [6.07, 6.45) is 0. The first-order valence-corrected chi connectivity index (χ1v) is 5.76. The molecular formula is C11H9FINO2. The van der Waals surface area contributed by atoms with Gasteiger partial charge < -0.3 is 9.47 Å². The lowest BCUT2D eigenvalue weighted by Crippen LogP contribution is -2.36. The Bertz CT molecular complexity index is 494. The Balaban J connectivity index is 2.59. The molecule has 0 saturated heterocycles. The van der Waals surface area contributed by atoms with E-state index in [1.807, 2.05) is 6.07 Å². The van der Waals surface area contributed by atoms with Gasteiger partial charge in [-0.25, -0.2) is 4.39 Å². The lowest BCUT2D eigenvalue weighted by molar-refractivity contribution is -0.181. The van der Waals surface area contributed by atoms with Crippen LogP contribution in [0, 0.1) is 20.7 Å². The van der Waals surface area contributed by atoms with Crippen LogP contribution in [0.1, 0.15) is 25.0 Å². The fraction of sp³-hybridized carbons (Fsp3) is 0.364. The largest absolute Gasteiger partial charge is 0.459 e. The van der Waals surface area contributed by atoms with Gasteiger partial charge in [0.1, 0.15) is 6.07 Å². The molecule has 0 atom stereocenters. The number of benzene rings is 1. The summed E-state index contributed by atoms with van der Waals surface area (Å²) in [5.74, 6) is -1.11. The minimum Gasteiger partial charge on any atom is -0.459 e. The van der Waals surface area contributed by atoms with Gasteiger partial charge in [0.15, 0.2) is 11.6 Å². The van der Waals surface area contributed by atoms with E-state index in [1.54, 1.807) is 42.5 Å². The third-order valence-electron chi connectivity index (χ3n) is 2.28. The lowest BCUT2D eigenvalue weighted by Gasteiger charge is -2.33. The number of fused-ring (bicyclic) bond motifs is 1. The molecular weight excluding hydrogens is 324 g/mol. The molecule has 0 saturated carbocycles. The van der Waals surface area contributed by atoms with Gasteiger partial charge in [-0.15, -0.1) is 0 Å². The van der Waals surface area contributed by atoms with Crippen molar-refractivity contribution in [1.29, 1.82) is 5.26 Å². The van der Waals surface area contributed by atoms with Crippen molar-refractivity contribution >= 4 is 22.6 Å². The summed E-state index contributed by atoms with van der Waals surface area (Å²) in [6, 6.07) is 3.55. The van der Waals surface area contributed by atoms with Gasteiger partial charge >= 0.3 is 0 Å². The van der Waals surface area contributed by atoms with Gasteiger partial charge in [-0.05, 0) is 28.7 Å². The van der Waals surface area contributed by atoms with Crippen molar-refractivity contribution in [3.63, 3.8) is 0 Å². The molecule has 3 nitrogen and oxygen atoms in total. The monoisotopic (exact) mass is 333 g/mol. The maximum Gasteiger partial charge on any atom is 0.205 e. The van der Waals surface area contributed by atoms with Crippen molar-refractivity contribution in [3.05, 3.63) is 26.6 Å². The average molecular weight is 333 g/mol. The van der Waals surface area contributed by atoms with Crippen molar-refractivity contribution in [2.75, 3.05) is 0 Å². The zero-order valence-electron chi connectivity index (χ0n) is 8.80. The molecule has 1 aliphatic heterocycles. The molecule has 0 aromatic heterocycles. The second-order valence-electron chi connectivity index (χ2n) is 3.94. The van der Waals surface area contributed by atoms with Crippen LogP contribution < -0.4 is 4.74 Å². The number of ether oxygens (including phenoxy) is 2. The van der Waals surface area contributed by atoms with Gasteiger partial charge in [0.2, 0.25) is 5.79 Å². The molecule has 0 spiro atoms. The second-order valence-corrected chi connectivity index (χ2v) is 5.02. The molecule has 0 N–H and O–H groups in total. The highest BCUT2D eigenvalue weighted by molar-refractivity contribution is 14.1. The quantitative estimate of drug-likeness (QED) is 0.686. The standard InChI is InChI=1S/C11H9FINO2/c1-11(2)15-5-7-3-6(4-14)9(13)8(12)10(7)16-11/h3H,5H2,1-2H3. The third kappa shape index (κ3) is 1.87. The zero-order valence-corrected chi connectivity index (χ0v) is 11.0. The van der Waals surface area contributed by atoms with E-state index in [0.29, 0.717) is 11.1 Å². The van der Waals surface area contributed by atoms with Crippen LogP contribution in [0.15, 0.2) is 6.07 Å². The van der Waals surface area contributed by atoms with Crippen LogP contribution in [-0.2, 0) is 11.3 Å². The summed E-state index contributed by atoms with van der Waals surface area (Å²) in [6.45, 7) is 3.70. The topological polar surface area (TPSA) is 42.2 Å². The summed E-state index contributed by atoms with van der Waals surface area (Å²) in [7, 11) is 0. The molecule has 1 aliphatic rings. The van der Waals surface area contributed by atoms with Crippen LogP contribution in [0.5, 0.6) is 5.75 Å². The average Bonchev–Trinajstić information content (AvgIpc) is 2.23. The maximum absolute atomic E-state index is 13.9. The minimum atomic E-state index is -0.828.